The minimum atomic E-state index is -0.360. The molecule has 0 aliphatic rings. The average Bonchev–Trinajstić information content (AvgIpc) is 2.08. The molecule has 2 nitrogen and oxygen atoms in total. The summed E-state index contributed by atoms with van der Waals surface area (Å²) in [7, 11) is 0. The van der Waals surface area contributed by atoms with Crippen LogP contribution in [-0.2, 0) is 0 Å². The summed E-state index contributed by atoms with van der Waals surface area (Å²) < 4.78 is 5.67. The lowest BCUT2D eigenvalue weighted by Gasteiger charge is -1.98. The van der Waals surface area contributed by atoms with Gasteiger partial charge >= 0.3 is 5.63 Å². The molecule has 1 aromatic carbocycles. The van der Waals surface area contributed by atoms with Crippen LogP contribution < -0.4 is 5.63 Å². The number of hydrogen-bond acceptors (Lipinski definition) is 2. The van der Waals surface area contributed by atoms with Crippen molar-refractivity contribution in [1.82, 2.24) is 0 Å². The lowest BCUT2D eigenvalue weighted by Crippen LogP contribution is -1.93. The molecule has 0 fully saturated rings. The minimum absolute atomic E-state index is 0.360. The van der Waals surface area contributed by atoms with E-state index in [0.29, 0.717) is 10.6 Å². The van der Waals surface area contributed by atoms with Gasteiger partial charge in [0.25, 0.3) is 0 Å². The van der Waals surface area contributed by atoms with Crippen molar-refractivity contribution >= 4 is 38.5 Å². The Morgan fingerprint density at radius 1 is 1.31 bits per heavy atom. The number of hydrogen-bond donors (Lipinski definition) is 0. The van der Waals surface area contributed by atoms with Crippen LogP contribution in [0, 0.1) is 0 Å². The van der Waals surface area contributed by atoms with Crippen LogP contribution in [0.2, 0.25) is 5.02 Å². The van der Waals surface area contributed by atoms with Gasteiger partial charge in [0.15, 0.2) is 0 Å². The summed E-state index contributed by atoms with van der Waals surface area (Å²) in [6.45, 7) is 0. The van der Waals surface area contributed by atoms with Gasteiger partial charge < -0.3 is 4.42 Å². The average molecular weight is 259 g/mol. The maximum absolute atomic E-state index is 10.9. The van der Waals surface area contributed by atoms with Crippen molar-refractivity contribution in [3.05, 3.63) is 44.2 Å². The number of halogens is 2. The zero-order valence-corrected chi connectivity index (χ0v) is 8.72. The minimum Gasteiger partial charge on any atom is -0.423 e. The fraction of sp³-hybridized carbons (Fsp3) is 0. The Bertz CT molecular complexity index is 518. The van der Waals surface area contributed by atoms with Crippen molar-refractivity contribution in [2.75, 3.05) is 0 Å². The highest BCUT2D eigenvalue weighted by Gasteiger charge is 2.02. The molecule has 0 aliphatic carbocycles. The van der Waals surface area contributed by atoms with Gasteiger partial charge in [0.1, 0.15) is 5.58 Å². The van der Waals surface area contributed by atoms with Crippen molar-refractivity contribution in [1.29, 1.82) is 0 Å². The molecule has 1 heterocycles. The molecule has 1 aromatic heterocycles. The van der Waals surface area contributed by atoms with Crippen molar-refractivity contribution in [3.63, 3.8) is 0 Å². The molecule has 0 N–H and O–H groups in total. The van der Waals surface area contributed by atoms with Gasteiger partial charge in [0.2, 0.25) is 0 Å². The molecule has 0 bridgehead atoms. The third-order valence-electron chi connectivity index (χ3n) is 1.66. The zero-order chi connectivity index (χ0) is 9.42. The molecule has 13 heavy (non-hydrogen) atoms. The molecule has 0 spiro atoms. The van der Waals surface area contributed by atoms with E-state index < -0.39 is 0 Å². The summed E-state index contributed by atoms with van der Waals surface area (Å²) in [6.07, 6.45) is 0. The molecule has 0 unspecified atom stereocenters. The monoisotopic (exact) mass is 258 g/mol. The quantitative estimate of drug-likeness (QED) is 0.680. The summed E-state index contributed by atoms with van der Waals surface area (Å²) in [5.41, 5.74) is 0.172. The predicted molar refractivity (Wildman–Crippen MR) is 55.2 cm³/mol. The van der Waals surface area contributed by atoms with Gasteiger partial charge in [-0.15, -0.1) is 0 Å². The molecule has 0 saturated carbocycles. The number of benzene rings is 1. The van der Waals surface area contributed by atoms with Crippen LogP contribution in [0.15, 0.2) is 37.9 Å². The maximum atomic E-state index is 10.9. The zero-order valence-electron chi connectivity index (χ0n) is 6.38. The number of fused-ring (bicyclic) bond motifs is 1. The first-order chi connectivity index (χ1) is 6.16. The fourth-order valence-electron chi connectivity index (χ4n) is 1.06. The first kappa shape index (κ1) is 8.78. The van der Waals surface area contributed by atoms with E-state index in [9.17, 15) is 4.79 Å². The van der Waals surface area contributed by atoms with E-state index >= 15 is 0 Å². The topological polar surface area (TPSA) is 30.2 Å². The van der Waals surface area contributed by atoms with Crippen molar-refractivity contribution in [2.45, 2.75) is 0 Å². The SMILES string of the molecule is O=c1ccc2cc(Cl)c(Br)cc2o1. The Kier molecular flexibility index (Phi) is 2.14. The summed E-state index contributed by atoms with van der Waals surface area (Å²) in [5, 5.41) is 1.41. The smallest absolute Gasteiger partial charge is 0.336 e. The van der Waals surface area contributed by atoms with Gasteiger partial charge in [-0.3, -0.25) is 0 Å². The second kappa shape index (κ2) is 3.16. The first-order valence-corrected chi connectivity index (χ1v) is 4.73. The van der Waals surface area contributed by atoms with E-state index in [4.69, 9.17) is 16.0 Å². The van der Waals surface area contributed by atoms with Crippen molar-refractivity contribution in [3.8, 4) is 0 Å². The molecular formula is C9H4BrClO2. The normalized spacial score (nSPS) is 10.6. The maximum Gasteiger partial charge on any atom is 0.336 e. The molecule has 0 atom stereocenters. The Morgan fingerprint density at radius 2 is 2.08 bits per heavy atom. The van der Waals surface area contributed by atoms with Gasteiger partial charge in [-0.1, -0.05) is 11.6 Å². The molecule has 2 aromatic rings. The fourth-order valence-corrected chi connectivity index (χ4v) is 1.56. The second-order valence-corrected chi connectivity index (χ2v) is 3.82. The van der Waals surface area contributed by atoms with E-state index in [2.05, 4.69) is 15.9 Å². The summed E-state index contributed by atoms with van der Waals surface area (Å²) >= 11 is 9.11. The molecular weight excluding hydrogens is 255 g/mol. The first-order valence-electron chi connectivity index (χ1n) is 3.56. The van der Waals surface area contributed by atoms with Gasteiger partial charge in [0.05, 0.1) is 5.02 Å². The Hall–Kier alpha value is -0.800. The molecule has 0 saturated heterocycles. The van der Waals surface area contributed by atoms with Crippen LogP contribution in [-0.4, -0.2) is 0 Å². The lowest BCUT2D eigenvalue weighted by atomic mass is 10.2. The van der Waals surface area contributed by atoms with Gasteiger partial charge in [-0.2, -0.15) is 0 Å². The Balaban J connectivity index is 2.89. The van der Waals surface area contributed by atoms with Gasteiger partial charge in [0, 0.05) is 15.9 Å². The van der Waals surface area contributed by atoms with E-state index in [1.54, 1.807) is 18.2 Å². The van der Waals surface area contributed by atoms with Gasteiger partial charge in [-0.05, 0) is 34.1 Å². The van der Waals surface area contributed by atoms with Crippen LogP contribution in [0.1, 0.15) is 0 Å². The highest BCUT2D eigenvalue weighted by atomic mass is 79.9. The van der Waals surface area contributed by atoms with E-state index in [1.807, 2.05) is 0 Å². The van der Waals surface area contributed by atoms with Crippen LogP contribution >= 0.6 is 27.5 Å². The molecule has 66 valence electrons. The van der Waals surface area contributed by atoms with Crippen molar-refractivity contribution in [2.24, 2.45) is 0 Å². The number of rotatable bonds is 0. The molecule has 0 radical (unpaired) electrons. The molecule has 0 amide bonds. The highest BCUT2D eigenvalue weighted by molar-refractivity contribution is 9.10. The second-order valence-electron chi connectivity index (χ2n) is 2.56. The summed E-state index contributed by atoms with van der Waals surface area (Å²) in [4.78, 5) is 10.9. The van der Waals surface area contributed by atoms with Crippen LogP contribution in [0.4, 0.5) is 0 Å². The van der Waals surface area contributed by atoms with Crippen LogP contribution in [0.5, 0.6) is 0 Å². The summed E-state index contributed by atoms with van der Waals surface area (Å²) in [5.74, 6) is 0. The van der Waals surface area contributed by atoms with Gasteiger partial charge in [-0.25, -0.2) is 4.79 Å². The molecule has 2 rings (SSSR count). The predicted octanol–water partition coefficient (Wildman–Crippen LogP) is 3.21. The largest absolute Gasteiger partial charge is 0.423 e. The van der Waals surface area contributed by atoms with E-state index in [-0.39, 0.29) is 5.63 Å². The Labute approximate surface area is 87.3 Å². The van der Waals surface area contributed by atoms with Crippen LogP contribution in [0.3, 0.4) is 0 Å². The standard InChI is InChI=1S/C9H4BrClO2/c10-6-4-8-5(3-7(6)11)1-2-9(12)13-8/h1-4H. The third kappa shape index (κ3) is 1.62. The lowest BCUT2D eigenvalue weighted by molar-refractivity contribution is 0.561. The molecule has 0 aliphatic heterocycles. The van der Waals surface area contributed by atoms with E-state index in [0.717, 1.165) is 9.86 Å². The van der Waals surface area contributed by atoms with Crippen molar-refractivity contribution < 1.29 is 4.42 Å². The Morgan fingerprint density at radius 3 is 2.85 bits per heavy atom. The summed E-state index contributed by atoms with van der Waals surface area (Å²) in [6, 6.07) is 6.47. The molecule has 4 heteroatoms. The van der Waals surface area contributed by atoms with E-state index in [1.165, 1.54) is 6.07 Å². The third-order valence-corrected chi connectivity index (χ3v) is 2.86. The van der Waals surface area contributed by atoms with Crippen LogP contribution in [0.25, 0.3) is 11.0 Å². The highest BCUT2D eigenvalue weighted by Crippen LogP contribution is 2.27.